The summed E-state index contributed by atoms with van der Waals surface area (Å²) in [5.41, 5.74) is 1.18. The molecule has 0 saturated carbocycles. The van der Waals surface area contributed by atoms with Gasteiger partial charge in [-0.15, -0.1) is 12.4 Å². The van der Waals surface area contributed by atoms with Crippen molar-refractivity contribution in [1.82, 2.24) is 15.1 Å². The summed E-state index contributed by atoms with van der Waals surface area (Å²) >= 11 is 0. The van der Waals surface area contributed by atoms with Crippen molar-refractivity contribution >= 4 is 12.4 Å². The fourth-order valence-corrected chi connectivity index (χ4v) is 1.31. The van der Waals surface area contributed by atoms with Crippen LogP contribution in [0.15, 0.2) is 35.2 Å². The summed E-state index contributed by atoms with van der Waals surface area (Å²) in [4.78, 5) is 0. The Labute approximate surface area is 94.7 Å². The highest BCUT2D eigenvalue weighted by Gasteiger charge is 1.97. The minimum absolute atomic E-state index is 0. The van der Waals surface area contributed by atoms with Crippen LogP contribution in [0, 0.1) is 0 Å². The van der Waals surface area contributed by atoms with Crippen molar-refractivity contribution in [3.8, 4) is 0 Å². The second-order valence-corrected chi connectivity index (χ2v) is 3.21. The highest BCUT2D eigenvalue weighted by molar-refractivity contribution is 5.85. The minimum Gasteiger partial charge on any atom is -0.468 e. The molecular weight excluding hydrogens is 214 g/mol. The molecule has 0 radical (unpaired) electrons. The van der Waals surface area contributed by atoms with Crippen LogP contribution in [-0.2, 0) is 20.1 Å². The third-order valence-corrected chi connectivity index (χ3v) is 1.97. The van der Waals surface area contributed by atoms with E-state index < -0.39 is 0 Å². The fourth-order valence-electron chi connectivity index (χ4n) is 1.31. The van der Waals surface area contributed by atoms with Gasteiger partial charge in [-0.1, -0.05) is 0 Å². The van der Waals surface area contributed by atoms with Crippen LogP contribution >= 0.6 is 12.4 Å². The van der Waals surface area contributed by atoms with Gasteiger partial charge in [-0.3, -0.25) is 4.68 Å². The molecule has 5 heteroatoms. The second-order valence-electron chi connectivity index (χ2n) is 3.21. The number of hydrogen-bond acceptors (Lipinski definition) is 3. The van der Waals surface area contributed by atoms with E-state index in [0.29, 0.717) is 0 Å². The molecule has 0 bridgehead atoms. The van der Waals surface area contributed by atoms with Gasteiger partial charge in [0.15, 0.2) is 0 Å². The zero-order chi connectivity index (χ0) is 9.80. The number of halogens is 1. The first-order valence-electron chi connectivity index (χ1n) is 4.55. The lowest BCUT2D eigenvalue weighted by Gasteiger charge is -1.98. The molecule has 15 heavy (non-hydrogen) atoms. The third-order valence-electron chi connectivity index (χ3n) is 1.97. The monoisotopic (exact) mass is 227 g/mol. The van der Waals surface area contributed by atoms with Crippen LogP contribution in [0.2, 0.25) is 0 Å². The van der Waals surface area contributed by atoms with E-state index in [9.17, 15) is 0 Å². The molecule has 0 aliphatic carbocycles. The van der Waals surface area contributed by atoms with Crippen LogP contribution in [-0.4, -0.2) is 9.78 Å². The molecule has 0 aliphatic heterocycles. The zero-order valence-corrected chi connectivity index (χ0v) is 9.33. The molecule has 0 fully saturated rings. The lowest BCUT2D eigenvalue weighted by Crippen LogP contribution is -2.11. The van der Waals surface area contributed by atoms with Crippen LogP contribution in [0.25, 0.3) is 0 Å². The standard InChI is InChI=1S/C10H13N3O.ClH/c1-13-8-9(6-12-13)5-11-7-10-3-2-4-14-10;/h2-4,6,8,11H,5,7H2,1H3;1H. The molecule has 2 heterocycles. The molecule has 0 aliphatic rings. The normalized spacial score (nSPS) is 9.93. The molecule has 2 rings (SSSR count). The van der Waals surface area contributed by atoms with Gasteiger partial charge in [0.2, 0.25) is 0 Å². The number of aromatic nitrogens is 2. The van der Waals surface area contributed by atoms with Gasteiger partial charge in [0.25, 0.3) is 0 Å². The van der Waals surface area contributed by atoms with Crippen molar-refractivity contribution in [2.45, 2.75) is 13.1 Å². The summed E-state index contributed by atoms with van der Waals surface area (Å²) in [6.07, 6.45) is 5.53. The molecule has 0 amide bonds. The van der Waals surface area contributed by atoms with Crippen LogP contribution in [0.5, 0.6) is 0 Å². The van der Waals surface area contributed by atoms with Crippen molar-refractivity contribution in [3.05, 3.63) is 42.1 Å². The lowest BCUT2D eigenvalue weighted by atomic mass is 10.3. The zero-order valence-electron chi connectivity index (χ0n) is 8.51. The van der Waals surface area contributed by atoms with Crippen LogP contribution in [0.1, 0.15) is 11.3 Å². The number of rotatable bonds is 4. The second kappa shape index (κ2) is 5.58. The fraction of sp³-hybridized carbons (Fsp3) is 0.300. The Bertz CT molecular complexity index is 383. The minimum atomic E-state index is 0. The van der Waals surface area contributed by atoms with Gasteiger partial charge in [-0.05, 0) is 12.1 Å². The summed E-state index contributed by atoms with van der Waals surface area (Å²) in [6.45, 7) is 1.57. The SMILES string of the molecule is Cl.Cn1cc(CNCc2ccco2)cn1. The molecule has 0 saturated heterocycles. The van der Waals surface area contributed by atoms with Crippen LogP contribution < -0.4 is 5.32 Å². The number of aryl methyl sites for hydroxylation is 1. The van der Waals surface area contributed by atoms with Gasteiger partial charge in [-0.2, -0.15) is 5.10 Å². The van der Waals surface area contributed by atoms with E-state index in [1.807, 2.05) is 31.6 Å². The van der Waals surface area contributed by atoms with Gasteiger partial charge < -0.3 is 9.73 Å². The Kier molecular flexibility index (Phi) is 4.39. The molecule has 4 nitrogen and oxygen atoms in total. The smallest absolute Gasteiger partial charge is 0.117 e. The first-order chi connectivity index (χ1) is 6.84. The van der Waals surface area contributed by atoms with E-state index in [2.05, 4.69) is 10.4 Å². The van der Waals surface area contributed by atoms with Gasteiger partial charge in [0, 0.05) is 25.4 Å². The third kappa shape index (κ3) is 3.42. The molecule has 2 aromatic rings. The quantitative estimate of drug-likeness (QED) is 0.865. The molecular formula is C10H14ClN3O. The number of nitrogens with one attached hydrogen (secondary N) is 1. The summed E-state index contributed by atoms with van der Waals surface area (Å²) in [6, 6.07) is 3.84. The van der Waals surface area contributed by atoms with Gasteiger partial charge in [0.05, 0.1) is 19.0 Å². The number of hydrogen-bond donors (Lipinski definition) is 1. The maximum atomic E-state index is 5.19. The first kappa shape index (κ1) is 11.8. The predicted molar refractivity (Wildman–Crippen MR) is 59.7 cm³/mol. The van der Waals surface area contributed by atoms with Crippen LogP contribution in [0.3, 0.4) is 0 Å². The van der Waals surface area contributed by atoms with E-state index in [-0.39, 0.29) is 12.4 Å². The number of furan rings is 1. The molecule has 0 unspecified atom stereocenters. The van der Waals surface area contributed by atoms with Crippen molar-refractivity contribution in [2.24, 2.45) is 7.05 Å². The molecule has 0 aromatic carbocycles. The maximum absolute atomic E-state index is 5.19. The summed E-state index contributed by atoms with van der Waals surface area (Å²) in [5, 5.41) is 7.36. The van der Waals surface area contributed by atoms with E-state index in [0.717, 1.165) is 18.8 Å². The highest BCUT2D eigenvalue weighted by Crippen LogP contribution is 2.00. The van der Waals surface area contributed by atoms with Gasteiger partial charge in [-0.25, -0.2) is 0 Å². The average Bonchev–Trinajstić information content (AvgIpc) is 2.77. The molecule has 0 spiro atoms. The number of nitrogens with zero attached hydrogens (tertiary/aromatic N) is 2. The average molecular weight is 228 g/mol. The first-order valence-corrected chi connectivity index (χ1v) is 4.55. The molecule has 1 N–H and O–H groups in total. The topological polar surface area (TPSA) is 43.0 Å². The van der Waals surface area contributed by atoms with E-state index in [1.165, 1.54) is 5.56 Å². The van der Waals surface area contributed by atoms with Crippen molar-refractivity contribution in [2.75, 3.05) is 0 Å². The highest BCUT2D eigenvalue weighted by atomic mass is 35.5. The molecule has 82 valence electrons. The Morgan fingerprint density at radius 2 is 2.33 bits per heavy atom. The van der Waals surface area contributed by atoms with E-state index in [4.69, 9.17) is 4.42 Å². The Balaban J connectivity index is 0.00000112. The predicted octanol–water partition coefficient (Wildman–Crippen LogP) is 1.72. The summed E-state index contributed by atoms with van der Waals surface area (Å²) in [5.74, 6) is 0.953. The van der Waals surface area contributed by atoms with Crippen molar-refractivity contribution in [1.29, 1.82) is 0 Å². The summed E-state index contributed by atoms with van der Waals surface area (Å²) < 4.78 is 6.99. The Hall–Kier alpha value is -1.26. The molecule has 2 aromatic heterocycles. The lowest BCUT2D eigenvalue weighted by molar-refractivity contribution is 0.483. The van der Waals surface area contributed by atoms with E-state index >= 15 is 0 Å². The van der Waals surface area contributed by atoms with Crippen molar-refractivity contribution in [3.63, 3.8) is 0 Å². The maximum Gasteiger partial charge on any atom is 0.117 e. The largest absolute Gasteiger partial charge is 0.468 e. The molecule has 0 atom stereocenters. The Morgan fingerprint density at radius 3 is 2.93 bits per heavy atom. The summed E-state index contributed by atoms with van der Waals surface area (Å²) in [7, 11) is 1.91. The Morgan fingerprint density at radius 1 is 1.47 bits per heavy atom. The van der Waals surface area contributed by atoms with Crippen molar-refractivity contribution < 1.29 is 4.42 Å². The van der Waals surface area contributed by atoms with Gasteiger partial charge in [0.1, 0.15) is 5.76 Å². The van der Waals surface area contributed by atoms with Gasteiger partial charge >= 0.3 is 0 Å². The van der Waals surface area contributed by atoms with Crippen LogP contribution in [0.4, 0.5) is 0 Å². The van der Waals surface area contributed by atoms with E-state index in [1.54, 1.807) is 10.9 Å².